The second-order valence-electron chi connectivity index (χ2n) is 8.98. The molecule has 1 saturated heterocycles. The number of nitrogens with one attached hydrogen (secondary N) is 1. The predicted molar refractivity (Wildman–Crippen MR) is 109 cm³/mol. The first-order valence-electron chi connectivity index (χ1n) is 8.65. The molecular weight excluding hydrogens is 401 g/mol. The minimum atomic E-state index is -0.0468. The molecule has 0 bridgehead atoms. The van der Waals surface area contributed by atoms with Gasteiger partial charge in [0, 0.05) is 26.2 Å². The number of nitrogens with zero attached hydrogens (tertiary/aromatic N) is 2. The SMILES string of the molecule is CN=C(NC1C(C)(C)C1(C)C)N1CCC(OC(C)(C)C)CC1.I. The zero-order valence-corrected chi connectivity index (χ0v) is 18.5. The van der Waals surface area contributed by atoms with Gasteiger partial charge in [0.2, 0.25) is 0 Å². The van der Waals surface area contributed by atoms with E-state index in [4.69, 9.17) is 4.74 Å². The van der Waals surface area contributed by atoms with Crippen molar-refractivity contribution in [1.82, 2.24) is 10.2 Å². The highest BCUT2D eigenvalue weighted by Gasteiger charge is 2.65. The fraction of sp³-hybridized carbons (Fsp3) is 0.944. The predicted octanol–water partition coefficient (Wildman–Crippen LogP) is 3.89. The van der Waals surface area contributed by atoms with Crippen LogP contribution in [-0.4, -0.2) is 48.7 Å². The minimum absolute atomic E-state index is 0. The Labute approximate surface area is 159 Å². The fourth-order valence-electron chi connectivity index (χ4n) is 3.67. The first-order valence-corrected chi connectivity index (χ1v) is 8.65. The summed E-state index contributed by atoms with van der Waals surface area (Å²) in [6, 6.07) is 0.502. The monoisotopic (exact) mass is 437 g/mol. The van der Waals surface area contributed by atoms with Gasteiger partial charge in [-0.05, 0) is 44.4 Å². The molecule has 1 aliphatic heterocycles. The second-order valence-corrected chi connectivity index (χ2v) is 8.98. The van der Waals surface area contributed by atoms with E-state index in [1.165, 1.54) is 0 Å². The lowest BCUT2D eigenvalue weighted by Crippen LogP contribution is -2.49. The molecule has 0 radical (unpaired) electrons. The largest absolute Gasteiger partial charge is 0.372 e. The van der Waals surface area contributed by atoms with Gasteiger partial charge in [-0.15, -0.1) is 24.0 Å². The van der Waals surface area contributed by atoms with E-state index in [0.717, 1.165) is 31.9 Å². The molecule has 0 aromatic rings. The van der Waals surface area contributed by atoms with Gasteiger partial charge in [0.15, 0.2) is 5.96 Å². The lowest BCUT2D eigenvalue weighted by atomic mass is 10.0. The van der Waals surface area contributed by atoms with E-state index in [-0.39, 0.29) is 29.6 Å². The molecule has 0 spiro atoms. The molecule has 1 aliphatic carbocycles. The average molecular weight is 437 g/mol. The summed E-state index contributed by atoms with van der Waals surface area (Å²) in [4.78, 5) is 6.90. The summed E-state index contributed by atoms with van der Waals surface area (Å²) in [5, 5.41) is 3.69. The van der Waals surface area contributed by atoms with E-state index in [0.29, 0.717) is 23.0 Å². The smallest absolute Gasteiger partial charge is 0.193 e. The molecule has 0 aromatic carbocycles. The summed E-state index contributed by atoms with van der Waals surface area (Å²) in [7, 11) is 1.89. The van der Waals surface area contributed by atoms with Crippen LogP contribution < -0.4 is 5.32 Å². The van der Waals surface area contributed by atoms with E-state index in [1.807, 2.05) is 7.05 Å². The van der Waals surface area contributed by atoms with Gasteiger partial charge < -0.3 is 15.0 Å². The summed E-state index contributed by atoms with van der Waals surface area (Å²) < 4.78 is 6.11. The van der Waals surface area contributed by atoms with Gasteiger partial charge in [-0.25, -0.2) is 0 Å². The molecular formula is C18H36IN3O. The van der Waals surface area contributed by atoms with Crippen LogP contribution in [0, 0.1) is 10.8 Å². The molecule has 2 aliphatic rings. The Hall–Kier alpha value is -0.0400. The maximum Gasteiger partial charge on any atom is 0.193 e. The summed E-state index contributed by atoms with van der Waals surface area (Å²) in [5.74, 6) is 1.05. The van der Waals surface area contributed by atoms with Crippen LogP contribution in [0.1, 0.15) is 61.3 Å². The van der Waals surface area contributed by atoms with E-state index >= 15 is 0 Å². The first kappa shape index (κ1) is 21.0. The quantitative estimate of drug-likeness (QED) is 0.405. The van der Waals surface area contributed by atoms with Crippen LogP contribution in [0.15, 0.2) is 4.99 Å². The maximum absolute atomic E-state index is 6.11. The van der Waals surface area contributed by atoms with Crippen molar-refractivity contribution in [3.63, 3.8) is 0 Å². The molecule has 1 heterocycles. The fourth-order valence-corrected chi connectivity index (χ4v) is 3.67. The molecule has 136 valence electrons. The minimum Gasteiger partial charge on any atom is -0.372 e. The third-order valence-electron chi connectivity index (χ3n) is 5.77. The third-order valence-corrected chi connectivity index (χ3v) is 5.77. The molecule has 4 nitrogen and oxygen atoms in total. The van der Waals surface area contributed by atoms with Crippen LogP contribution in [0.5, 0.6) is 0 Å². The zero-order chi connectivity index (χ0) is 16.8. The van der Waals surface area contributed by atoms with Crippen LogP contribution >= 0.6 is 24.0 Å². The normalized spacial score (nSPS) is 25.0. The Morgan fingerprint density at radius 3 is 1.91 bits per heavy atom. The zero-order valence-electron chi connectivity index (χ0n) is 16.2. The Kier molecular flexibility index (Phi) is 6.45. The molecule has 0 atom stereocenters. The number of ether oxygens (including phenoxy) is 1. The molecule has 1 N–H and O–H groups in total. The molecule has 1 saturated carbocycles. The lowest BCUT2D eigenvalue weighted by molar-refractivity contribution is -0.0773. The van der Waals surface area contributed by atoms with Crippen molar-refractivity contribution in [2.75, 3.05) is 20.1 Å². The number of hydrogen-bond donors (Lipinski definition) is 1. The Morgan fingerprint density at radius 2 is 1.57 bits per heavy atom. The number of piperidine rings is 1. The van der Waals surface area contributed by atoms with Crippen molar-refractivity contribution in [3.05, 3.63) is 0 Å². The molecule has 5 heteroatoms. The van der Waals surface area contributed by atoms with Crippen molar-refractivity contribution in [2.45, 2.75) is 79.1 Å². The Bertz CT molecular complexity index is 418. The van der Waals surface area contributed by atoms with E-state index in [1.54, 1.807) is 0 Å². The maximum atomic E-state index is 6.11. The van der Waals surface area contributed by atoms with E-state index < -0.39 is 0 Å². The van der Waals surface area contributed by atoms with Crippen molar-refractivity contribution >= 4 is 29.9 Å². The van der Waals surface area contributed by atoms with Gasteiger partial charge >= 0.3 is 0 Å². The lowest BCUT2D eigenvalue weighted by Gasteiger charge is -2.37. The Balaban J connectivity index is 0.00000264. The van der Waals surface area contributed by atoms with Crippen molar-refractivity contribution in [3.8, 4) is 0 Å². The molecule has 23 heavy (non-hydrogen) atoms. The molecule has 0 aromatic heterocycles. The highest BCUT2D eigenvalue weighted by atomic mass is 127. The highest BCUT2D eigenvalue weighted by molar-refractivity contribution is 14.0. The summed E-state index contributed by atoms with van der Waals surface area (Å²) >= 11 is 0. The van der Waals surface area contributed by atoms with Crippen LogP contribution in [0.25, 0.3) is 0 Å². The van der Waals surface area contributed by atoms with Crippen molar-refractivity contribution < 1.29 is 4.74 Å². The van der Waals surface area contributed by atoms with Crippen LogP contribution in [0.2, 0.25) is 0 Å². The number of halogens is 1. The number of guanidine groups is 1. The number of aliphatic imine (C=N–C) groups is 1. The summed E-state index contributed by atoms with van der Waals surface area (Å²) in [5.41, 5.74) is 0.613. The van der Waals surface area contributed by atoms with Crippen molar-refractivity contribution in [2.24, 2.45) is 15.8 Å². The van der Waals surface area contributed by atoms with Gasteiger partial charge in [0.25, 0.3) is 0 Å². The topological polar surface area (TPSA) is 36.9 Å². The Morgan fingerprint density at radius 1 is 1.09 bits per heavy atom. The number of hydrogen-bond acceptors (Lipinski definition) is 2. The second kappa shape index (κ2) is 7.06. The summed E-state index contributed by atoms with van der Waals surface area (Å²) in [6.07, 6.45) is 2.54. The molecule has 2 rings (SSSR count). The van der Waals surface area contributed by atoms with E-state index in [9.17, 15) is 0 Å². The van der Waals surface area contributed by atoms with Gasteiger partial charge in [-0.2, -0.15) is 0 Å². The average Bonchev–Trinajstić information content (AvgIpc) is 2.76. The van der Waals surface area contributed by atoms with Gasteiger partial charge in [0.1, 0.15) is 0 Å². The van der Waals surface area contributed by atoms with Gasteiger partial charge in [0.05, 0.1) is 11.7 Å². The highest BCUT2D eigenvalue weighted by Crippen LogP contribution is 2.62. The molecule has 0 unspecified atom stereocenters. The van der Waals surface area contributed by atoms with Crippen molar-refractivity contribution in [1.29, 1.82) is 0 Å². The molecule has 0 amide bonds. The van der Waals surface area contributed by atoms with Crippen LogP contribution in [0.4, 0.5) is 0 Å². The number of rotatable bonds is 2. The third kappa shape index (κ3) is 4.53. The number of likely N-dealkylation sites (tertiary alicyclic amines) is 1. The van der Waals surface area contributed by atoms with Crippen LogP contribution in [0.3, 0.4) is 0 Å². The van der Waals surface area contributed by atoms with Gasteiger partial charge in [-0.1, -0.05) is 27.7 Å². The van der Waals surface area contributed by atoms with Gasteiger partial charge in [-0.3, -0.25) is 4.99 Å². The summed E-state index contributed by atoms with van der Waals surface area (Å²) in [6.45, 7) is 17.8. The first-order chi connectivity index (χ1) is 9.99. The molecule has 2 fully saturated rings. The van der Waals surface area contributed by atoms with Crippen LogP contribution in [-0.2, 0) is 4.74 Å². The van der Waals surface area contributed by atoms with E-state index in [2.05, 4.69) is 63.7 Å². The standard InChI is InChI=1S/C18H35N3O.HI/c1-16(2,3)22-13-9-11-21(12-10-13)15(19-8)20-14-17(4,5)18(14,6)7;/h13-14H,9-12H2,1-8H3,(H,19,20);1H.